The first-order valence-corrected chi connectivity index (χ1v) is 5.62. The first-order chi connectivity index (χ1) is 6.75. The largest absolute Gasteiger partial charge is 0.486 e. The molecular weight excluding hydrogens is 267 g/mol. The van der Waals surface area contributed by atoms with Gasteiger partial charge in [0.05, 0.1) is 18.2 Å². The Morgan fingerprint density at radius 3 is 3.07 bits per heavy atom. The molecule has 2 nitrogen and oxygen atoms in total. The molecule has 1 unspecified atom stereocenters. The zero-order valence-corrected chi connectivity index (χ0v) is 9.85. The van der Waals surface area contributed by atoms with Crippen LogP contribution in [0, 0.1) is 0 Å². The van der Waals surface area contributed by atoms with E-state index in [1.165, 1.54) is 0 Å². The van der Waals surface area contributed by atoms with E-state index in [0.717, 1.165) is 23.2 Å². The van der Waals surface area contributed by atoms with Crippen LogP contribution in [0.3, 0.4) is 0 Å². The second-order valence-corrected chi connectivity index (χ2v) is 4.50. The minimum atomic E-state index is 0.141. The fourth-order valence-electron chi connectivity index (χ4n) is 1.35. The molecule has 4 heteroatoms. The van der Waals surface area contributed by atoms with Gasteiger partial charge in [-0.3, -0.25) is 0 Å². The van der Waals surface area contributed by atoms with E-state index in [9.17, 15) is 0 Å². The molecule has 1 atom stereocenters. The molecule has 1 heterocycles. The highest BCUT2D eigenvalue weighted by Gasteiger charge is 2.18. The average Bonchev–Trinajstić information content (AvgIpc) is 2.64. The van der Waals surface area contributed by atoms with E-state index < -0.39 is 0 Å². The Morgan fingerprint density at radius 1 is 1.50 bits per heavy atom. The maximum Gasteiger partial charge on any atom is 0.139 e. The van der Waals surface area contributed by atoms with Crippen molar-refractivity contribution in [1.29, 1.82) is 0 Å². The van der Waals surface area contributed by atoms with Crippen LogP contribution < -0.4 is 4.74 Å². The highest BCUT2D eigenvalue weighted by Crippen LogP contribution is 2.29. The van der Waals surface area contributed by atoms with E-state index in [2.05, 4.69) is 15.9 Å². The van der Waals surface area contributed by atoms with E-state index in [4.69, 9.17) is 21.1 Å². The molecular formula is C10H10BrClO2. The third-order valence-electron chi connectivity index (χ3n) is 2.07. The molecule has 0 amide bonds. The number of rotatable bonds is 2. The van der Waals surface area contributed by atoms with Crippen molar-refractivity contribution in [3.63, 3.8) is 0 Å². The molecule has 0 spiro atoms. The van der Waals surface area contributed by atoms with Gasteiger partial charge in [0.1, 0.15) is 11.9 Å². The van der Waals surface area contributed by atoms with E-state index >= 15 is 0 Å². The topological polar surface area (TPSA) is 18.5 Å². The fourth-order valence-corrected chi connectivity index (χ4v) is 1.86. The summed E-state index contributed by atoms with van der Waals surface area (Å²) in [7, 11) is 0. The van der Waals surface area contributed by atoms with Crippen molar-refractivity contribution in [3.8, 4) is 5.75 Å². The zero-order chi connectivity index (χ0) is 9.97. The van der Waals surface area contributed by atoms with Crippen molar-refractivity contribution in [3.05, 3.63) is 27.7 Å². The monoisotopic (exact) mass is 276 g/mol. The number of hydrogen-bond donors (Lipinski definition) is 0. The second kappa shape index (κ2) is 4.51. The van der Waals surface area contributed by atoms with Crippen LogP contribution in [0.15, 0.2) is 22.7 Å². The Hall–Kier alpha value is -0.250. The standard InChI is InChI=1S/C10H10BrClO2/c11-7-1-2-9(12)10(5-7)14-8-3-4-13-6-8/h1-2,5,8H,3-4,6H2. The molecule has 1 fully saturated rings. The molecule has 0 saturated carbocycles. The third-order valence-corrected chi connectivity index (χ3v) is 2.88. The van der Waals surface area contributed by atoms with Gasteiger partial charge in [0.2, 0.25) is 0 Å². The molecule has 0 N–H and O–H groups in total. The summed E-state index contributed by atoms with van der Waals surface area (Å²) in [6, 6.07) is 5.58. The molecule has 2 rings (SSSR count). The minimum absolute atomic E-state index is 0.141. The van der Waals surface area contributed by atoms with Crippen LogP contribution in [0.25, 0.3) is 0 Å². The first kappa shape index (κ1) is 10.3. The molecule has 1 aliphatic rings. The summed E-state index contributed by atoms with van der Waals surface area (Å²) >= 11 is 9.36. The molecule has 0 aliphatic carbocycles. The van der Waals surface area contributed by atoms with Gasteiger partial charge in [-0.15, -0.1) is 0 Å². The second-order valence-electron chi connectivity index (χ2n) is 3.18. The van der Waals surface area contributed by atoms with E-state index in [-0.39, 0.29) is 6.10 Å². The van der Waals surface area contributed by atoms with Gasteiger partial charge in [0, 0.05) is 10.9 Å². The summed E-state index contributed by atoms with van der Waals surface area (Å²) in [5.41, 5.74) is 0. The molecule has 1 aromatic carbocycles. The van der Waals surface area contributed by atoms with E-state index in [0.29, 0.717) is 11.6 Å². The van der Waals surface area contributed by atoms with Crippen molar-refractivity contribution < 1.29 is 9.47 Å². The van der Waals surface area contributed by atoms with Gasteiger partial charge < -0.3 is 9.47 Å². The SMILES string of the molecule is Clc1ccc(Br)cc1OC1CCOC1. The highest BCUT2D eigenvalue weighted by atomic mass is 79.9. The van der Waals surface area contributed by atoms with Gasteiger partial charge in [-0.05, 0) is 18.2 Å². The van der Waals surface area contributed by atoms with Crippen molar-refractivity contribution in [2.24, 2.45) is 0 Å². The fraction of sp³-hybridized carbons (Fsp3) is 0.400. The maximum atomic E-state index is 5.99. The molecule has 0 aromatic heterocycles. The molecule has 1 aromatic rings. The number of ether oxygens (including phenoxy) is 2. The summed E-state index contributed by atoms with van der Waals surface area (Å²) in [5.74, 6) is 0.719. The van der Waals surface area contributed by atoms with Crippen molar-refractivity contribution in [1.82, 2.24) is 0 Å². The summed E-state index contributed by atoms with van der Waals surface area (Å²) < 4.78 is 11.9. The first-order valence-electron chi connectivity index (χ1n) is 4.45. The zero-order valence-electron chi connectivity index (χ0n) is 7.50. The van der Waals surface area contributed by atoms with Crippen LogP contribution in [0.4, 0.5) is 0 Å². The lowest BCUT2D eigenvalue weighted by atomic mass is 10.3. The van der Waals surface area contributed by atoms with Gasteiger partial charge in [0.25, 0.3) is 0 Å². The quantitative estimate of drug-likeness (QED) is 0.826. The van der Waals surface area contributed by atoms with Gasteiger partial charge in [-0.1, -0.05) is 27.5 Å². The minimum Gasteiger partial charge on any atom is -0.486 e. The maximum absolute atomic E-state index is 5.99. The molecule has 76 valence electrons. The van der Waals surface area contributed by atoms with Crippen LogP contribution >= 0.6 is 27.5 Å². The van der Waals surface area contributed by atoms with Crippen LogP contribution in [0.2, 0.25) is 5.02 Å². The molecule has 1 aliphatic heterocycles. The van der Waals surface area contributed by atoms with E-state index in [1.54, 1.807) is 0 Å². The summed E-state index contributed by atoms with van der Waals surface area (Å²) in [5, 5.41) is 0.639. The van der Waals surface area contributed by atoms with E-state index in [1.807, 2.05) is 18.2 Å². The van der Waals surface area contributed by atoms with Crippen LogP contribution in [-0.4, -0.2) is 19.3 Å². The van der Waals surface area contributed by atoms with Crippen LogP contribution in [0.5, 0.6) is 5.75 Å². The number of benzene rings is 1. The Bertz CT molecular complexity index is 324. The summed E-state index contributed by atoms with van der Waals surface area (Å²) in [6.45, 7) is 1.43. The lowest BCUT2D eigenvalue weighted by Crippen LogP contribution is -2.15. The Balaban J connectivity index is 2.10. The average molecular weight is 278 g/mol. The highest BCUT2D eigenvalue weighted by molar-refractivity contribution is 9.10. The summed E-state index contributed by atoms with van der Waals surface area (Å²) in [4.78, 5) is 0. The number of halogens is 2. The predicted octanol–water partition coefficient (Wildman–Crippen LogP) is 3.27. The molecule has 1 saturated heterocycles. The molecule has 0 radical (unpaired) electrons. The number of hydrogen-bond acceptors (Lipinski definition) is 2. The van der Waals surface area contributed by atoms with Crippen molar-refractivity contribution >= 4 is 27.5 Å². The third kappa shape index (κ3) is 2.41. The lowest BCUT2D eigenvalue weighted by Gasteiger charge is -2.13. The summed E-state index contributed by atoms with van der Waals surface area (Å²) in [6.07, 6.45) is 1.07. The van der Waals surface area contributed by atoms with Gasteiger partial charge in [0.15, 0.2) is 0 Å². The Morgan fingerprint density at radius 2 is 2.36 bits per heavy atom. The normalized spacial score (nSPS) is 21.1. The van der Waals surface area contributed by atoms with Crippen molar-refractivity contribution in [2.45, 2.75) is 12.5 Å². The molecule has 14 heavy (non-hydrogen) atoms. The predicted molar refractivity (Wildman–Crippen MR) is 59.0 cm³/mol. The lowest BCUT2D eigenvalue weighted by molar-refractivity contribution is 0.141. The van der Waals surface area contributed by atoms with Gasteiger partial charge >= 0.3 is 0 Å². The van der Waals surface area contributed by atoms with Gasteiger partial charge in [-0.25, -0.2) is 0 Å². The smallest absolute Gasteiger partial charge is 0.139 e. The Labute approximate surface area is 96.3 Å². The van der Waals surface area contributed by atoms with Crippen molar-refractivity contribution in [2.75, 3.05) is 13.2 Å². The van der Waals surface area contributed by atoms with Crippen LogP contribution in [-0.2, 0) is 4.74 Å². The van der Waals surface area contributed by atoms with Gasteiger partial charge in [-0.2, -0.15) is 0 Å². The molecule has 0 bridgehead atoms. The Kier molecular flexibility index (Phi) is 3.31. The van der Waals surface area contributed by atoms with Crippen LogP contribution in [0.1, 0.15) is 6.42 Å².